The molecule has 0 unspecified atom stereocenters. The second-order valence-electron chi connectivity index (χ2n) is 4.68. The van der Waals surface area contributed by atoms with E-state index in [0.29, 0.717) is 10.8 Å². The number of benzene rings is 1. The Morgan fingerprint density at radius 1 is 1.00 bits per heavy atom. The zero-order chi connectivity index (χ0) is 13.4. The number of rotatable bonds is 1. The van der Waals surface area contributed by atoms with Crippen LogP contribution in [-0.2, 0) is 0 Å². The number of pyridine rings is 2. The molecule has 0 saturated heterocycles. The van der Waals surface area contributed by atoms with E-state index in [4.69, 9.17) is 11.6 Å². The first-order valence-electron chi connectivity index (χ1n) is 6.14. The molecule has 3 rings (SSSR count). The molecule has 0 aliphatic carbocycles. The van der Waals surface area contributed by atoms with E-state index in [1.807, 2.05) is 18.2 Å². The molecule has 3 aromatic rings. The number of hydrogen-bond acceptors (Lipinski definition) is 2. The van der Waals surface area contributed by atoms with Crippen molar-refractivity contribution in [2.75, 3.05) is 0 Å². The maximum absolute atomic E-state index is 6.28. The van der Waals surface area contributed by atoms with Crippen LogP contribution < -0.4 is 0 Å². The van der Waals surface area contributed by atoms with Gasteiger partial charge in [0.05, 0.1) is 0 Å². The summed E-state index contributed by atoms with van der Waals surface area (Å²) in [6, 6.07) is 12.3. The van der Waals surface area contributed by atoms with Crippen molar-refractivity contribution in [1.82, 2.24) is 9.97 Å². The zero-order valence-corrected chi connectivity index (χ0v) is 11.6. The minimum absolute atomic E-state index is 0.495. The minimum Gasteiger partial charge on any atom is -0.237 e. The van der Waals surface area contributed by atoms with Crippen molar-refractivity contribution in [2.45, 2.75) is 13.8 Å². The van der Waals surface area contributed by atoms with Crippen LogP contribution in [0.3, 0.4) is 0 Å². The molecule has 0 spiro atoms. The molecule has 2 nitrogen and oxygen atoms in total. The van der Waals surface area contributed by atoms with E-state index >= 15 is 0 Å². The standard InChI is InChI=1S/C16H13ClN2/c1-10-5-6-12(8-11(10)2)14-9-13-4-3-7-18-16(13)19-15(14)17/h3-9H,1-2H3. The van der Waals surface area contributed by atoms with Gasteiger partial charge in [0, 0.05) is 17.1 Å². The Hall–Kier alpha value is -1.93. The molecule has 0 aliphatic heterocycles. The van der Waals surface area contributed by atoms with Crippen molar-refractivity contribution >= 4 is 22.6 Å². The van der Waals surface area contributed by atoms with Crippen molar-refractivity contribution in [3.05, 3.63) is 58.9 Å². The summed E-state index contributed by atoms with van der Waals surface area (Å²) in [7, 11) is 0. The predicted octanol–water partition coefficient (Wildman–Crippen LogP) is 4.57. The molecule has 0 fully saturated rings. The number of aromatic nitrogens is 2. The van der Waals surface area contributed by atoms with Gasteiger partial charge in [-0.1, -0.05) is 29.8 Å². The minimum atomic E-state index is 0.495. The van der Waals surface area contributed by atoms with Crippen LogP contribution >= 0.6 is 11.6 Å². The highest BCUT2D eigenvalue weighted by atomic mass is 35.5. The number of fused-ring (bicyclic) bond motifs is 1. The molecule has 0 amide bonds. The van der Waals surface area contributed by atoms with Gasteiger partial charge in [0.2, 0.25) is 0 Å². The lowest BCUT2D eigenvalue weighted by atomic mass is 10.0. The van der Waals surface area contributed by atoms with Crippen molar-refractivity contribution in [2.24, 2.45) is 0 Å². The first-order chi connectivity index (χ1) is 9.15. The van der Waals surface area contributed by atoms with Crippen LogP contribution in [-0.4, -0.2) is 9.97 Å². The third-order valence-electron chi connectivity index (χ3n) is 3.36. The van der Waals surface area contributed by atoms with Gasteiger partial charge < -0.3 is 0 Å². The second kappa shape index (κ2) is 4.63. The third kappa shape index (κ3) is 2.20. The first-order valence-corrected chi connectivity index (χ1v) is 6.52. The molecule has 0 aliphatic rings. The highest BCUT2D eigenvalue weighted by Crippen LogP contribution is 2.30. The normalized spacial score (nSPS) is 10.9. The topological polar surface area (TPSA) is 25.8 Å². The van der Waals surface area contributed by atoms with E-state index < -0.39 is 0 Å². The molecule has 0 N–H and O–H groups in total. The number of hydrogen-bond donors (Lipinski definition) is 0. The summed E-state index contributed by atoms with van der Waals surface area (Å²) >= 11 is 6.28. The quantitative estimate of drug-likeness (QED) is 0.604. The van der Waals surface area contributed by atoms with Crippen LogP contribution in [0.2, 0.25) is 5.15 Å². The monoisotopic (exact) mass is 268 g/mol. The van der Waals surface area contributed by atoms with Crippen LogP contribution in [0, 0.1) is 13.8 Å². The molecule has 3 heteroatoms. The van der Waals surface area contributed by atoms with Crippen molar-refractivity contribution in [1.29, 1.82) is 0 Å². The molecular formula is C16H13ClN2. The molecule has 0 bridgehead atoms. The Kier molecular flexibility index (Phi) is 2.96. The van der Waals surface area contributed by atoms with Gasteiger partial charge >= 0.3 is 0 Å². The lowest BCUT2D eigenvalue weighted by Crippen LogP contribution is -1.89. The molecule has 94 valence electrons. The largest absolute Gasteiger partial charge is 0.237 e. The third-order valence-corrected chi connectivity index (χ3v) is 3.65. The van der Waals surface area contributed by atoms with E-state index in [1.165, 1.54) is 11.1 Å². The van der Waals surface area contributed by atoms with Gasteiger partial charge in [0.1, 0.15) is 5.15 Å². The highest BCUT2D eigenvalue weighted by Gasteiger charge is 2.08. The maximum Gasteiger partial charge on any atom is 0.160 e. The predicted molar refractivity (Wildman–Crippen MR) is 79.5 cm³/mol. The molecular weight excluding hydrogens is 256 g/mol. The van der Waals surface area contributed by atoms with Gasteiger partial charge in [-0.25, -0.2) is 9.97 Å². The molecule has 0 radical (unpaired) electrons. The SMILES string of the molecule is Cc1ccc(-c2cc3cccnc3nc2Cl)cc1C. The summed E-state index contributed by atoms with van der Waals surface area (Å²) in [6.45, 7) is 4.20. The van der Waals surface area contributed by atoms with E-state index in [2.05, 4.69) is 42.0 Å². The number of nitrogens with zero attached hydrogens (tertiary/aromatic N) is 2. The fourth-order valence-corrected chi connectivity index (χ4v) is 2.34. The van der Waals surface area contributed by atoms with Gasteiger partial charge in [-0.15, -0.1) is 0 Å². The van der Waals surface area contributed by atoms with Gasteiger partial charge in [0.15, 0.2) is 5.65 Å². The van der Waals surface area contributed by atoms with Gasteiger partial charge in [-0.05, 0) is 48.7 Å². The van der Waals surface area contributed by atoms with Crippen LogP contribution in [0.1, 0.15) is 11.1 Å². The second-order valence-corrected chi connectivity index (χ2v) is 5.03. The Morgan fingerprint density at radius 3 is 2.63 bits per heavy atom. The van der Waals surface area contributed by atoms with Crippen molar-refractivity contribution < 1.29 is 0 Å². The van der Waals surface area contributed by atoms with Crippen LogP contribution in [0.5, 0.6) is 0 Å². The Morgan fingerprint density at radius 2 is 1.84 bits per heavy atom. The average Bonchev–Trinajstić information content (AvgIpc) is 2.41. The van der Waals surface area contributed by atoms with E-state index in [1.54, 1.807) is 6.20 Å². The lowest BCUT2D eigenvalue weighted by Gasteiger charge is -2.08. The van der Waals surface area contributed by atoms with Crippen LogP contribution in [0.25, 0.3) is 22.2 Å². The van der Waals surface area contributed by atoms with Gasteiger partial charge in [0.25, 0.3) is 0 Å². The summed E-state index contributed by atoms with van der Waals surface area (Å²) in [4.78, 5) is 8.57. The number of halogens is 1. The molecule has 1 aromatic carbocycles. The van der Waals surface area contributed by atoms with Gasteiger partial charge in [-0.2, -0.15) is 0 Å². The van der Waals surface area contributed by atoms with E-state index in [9.17, 15) is 0 Å². The Bertz CT molecular complexity index is 766. The molecule has 19 heavy (non-hydrogen) atoms. The summed E-state index contributed by atoms with van der Waals surface area (Å²) in [5.41, 5.74) is 5.24. The zero-order valence-electron chi connectivity index (χ0n) is 10.8. The summed E-state index contributed by atoms with van der Waals surface area (Å²) in [6.07, 6.45) is 1.72. The Balaban J connectivity index is 2.23. The molecule has 0 saturated carbocycles. The molecule has 2 heterocycles. The van der Waals surface area contributed by atoms with E-state index in [-0.39, 0.29) is 0 Å². The van der Waals surface area contributed by atoms with Crippen LogP contribution in [0.4, 0.5) is 0 Å². The van der Waals surface area contributed by atoms with Crippen molar-refractivity contribution in [3.63, 3.8) is 0 Å². The maximum atomic E-state index is 6.28. The summed E-state index contributed by atoms with van der Waals surface area (Å²) < 4.78 is 0. The smallest absolute Gasteiger partial charge is 0.160 e. The average molecular weight is 269 g/mol. The fraction of sp³-hybridized carbons (Fsp3) is 0.125. The molecule has 2 aromatic heterocycles. The lowest BCUT2D eigenvalue weighted by molar-refractivity contribution is 1.28. The highest BCUT2D eigenvalue weighted by molar-refractivity contribution is 6.32. The summed E-state index contributed by atoms with van der Waals surface area (Å²) in [5.74, 6) is 0. The Labute approximate surface area is 117 Å². The van der Waals surface area contributed by atoms with Crippen LogP contribution in [0.15, 0.2) is 42.6 Å². The van der Waals surface area contributed by atoms with Gasteiger partial charge in [-0.3, -0.25) is 0 Å². The fourth-order valence-electron chi connectivity index (χ4n) is 2.10. The van der Waals surface area contributed by atoms with E-state index in [0.717, 1.165) is 16.5 Å². The number of aryl methyl sites for hydroxylation is 2. The first kappa shape index (κ1) is 12.1. The molecule has 0 atom stereocenters. The summed E-state index contributed by atoms with van der Waals surface area (Å²) in [5, 5.41) is 1.49. The van der Waals surface area contributed by atoms with Crippen molar-refractivity contribution in [3.8, 4) is 11.1 Å².